The van der Waals surface area contributed by atoms with E-state index in [0.717, 1.165) is 0 Å². The van der Waals surface area contributed by atoms with Crippen LogP contribution in [-0.2, 0) is 4.79 Å². The molecule has 0 atom stereocenters. The highest BCUT2D eigenvalue weighted by atomic mass is 35.5. The fraction of sp³-hybridized carbons (Fsp3) is 0.250. The van der Waals surface area contributed by atoms with Crippen LogP contribution < -0.4 is 5.32 Å². The topological polar surface area (TPSA) is 29.1 Å². The fourth-order valence-corrected chi connectivity index (χ4v) is 0.245. The average molecular weight is 171 g/mol. The molecule has 1 amide bonds. The van der Waals surface area contributed by atoms with Crippen molar-refractivity contribution in [3.8, 4) is 0 Å². The summed E-state index contributed by atoms with van der Waals surface area (Å²) in [5, 5.41) is 1.87. The van der Waals surface area contributed by atoms with Crippen LogP contribution in [0.2, 0.25) is 0 Å². The molecule has 0 aliphatic rings. The van der Waals surface area contributed by atoms with Crippen LogP contribution in [0, 0.1) is 6.20 Å². The lowest BCUT2D eigenvalue weighted by Crippen LogP contribution is -2.18. The maximum Gasteiger partial charge on any atom is 0.255 e. The zero-order valence-electron chi connectivity index (χ0n) is 4.25. The van der Waals surface area contributed by atoms with Crippen molar-refractivity contribution in [2.45, 2.75) is 0 Å². The van der Waals surface area contributed by atoms with Gasteiger partial charge in [-0.05, 0) is 0 Å². The van der Waals surface area contributed by atoms with Gasteiger partial charge < -0.3 is 5.32 Å². The van der Waals surface area contributed by atoms with Gasteiger partial charge in [0.1, 0.15) is 4.49 Å². The number of amides is 1. The molecule has 0 spiro atoms. The van der Waals surface area contributed by atoms with Crippen LogP contribution in [-0.4, -0.2) is 12.6 Å². The summed E-state index contributed by atoms with van der Waals surface area (Å²) in [4.78, 5) is 10.0. The Morgan fingerprint density at radius 3 is 2.56 bits per heavy atom. The SMILES string of the molecule is O=C(CF)N[C]=C(Cl)Cl. The summed E-state index contributed by atoms with van der Waals surface area (Å²) in [7, 11) is 0. The Morgan fingerprint density at radius 2 is 2.22 bits per heavy atom. The molecule has 0 aromatic rings. The molecule has 0 aromatic heterocycles. The van der Waals surface area contributed by atoms with Crippen LogP contribution in [0.5, 0.6) is 0 Å². The van der Waals surface area contributed by atoms with Crippen molar-refractivity contribution in [1.82, 2.24) is 5.32 Å². The summed E-state index contributed by atoms with van der Waals surface area (Å²) in [5.74, 6) is -0.825. The molecular formula is C4H3Cl2FNO. The number of carbonyl (C=O) groups is 1. The standard InChI is InChI=1S/C4H3Cl2FNO/c5-3(6)2-8-4(9)1-7/h1H2,(H,8,9). The Balaban J connectivity index is 3.50. The van der Waals surface area contributed by atoms with Crippen LogP contribution in [0.4, 0.5) is 4.39 Å². The second kappa shape index (κ2) is 4.58. The van der Waals surface area contributed by atoms with Gasteiger partial charge >= 0.3 is 0 Å². The minimum atomic E-state index is -1.10. The molecule has 0 heterocycles. The van der Waals surface area contributed by atoms with Crippen LogP contribution in [0.15, 0.2) is 4.49 Å². The van der Waals surface area contributed by atoms with E-state index in [9.17, 15) is 9.18 Å². The van der Waals surface area contributed by atoms with Crippen molar-refractivity contribution in [2.24, 2.45) is 0 Å². The highest BCUT2D eigenvalue weighted by Gasteiger charge is 1.94. The van der Waals surface area contributed by atoms with Crippen LogP contribution >= 0.6 is 23.2 Å². The van der Waals surface area contributed by atoms with Crippen molar-refractivity contribution in [1.29, 1.82) is 0 Å². The third-order valence-electron chi connectivity index (χ3n) is 0.418. The number of carbonyl (C=O) groups excluding carboxylic acids is 1. The van der Waals surface area contributed by atoms with Crippen molar-refractivity contribution in [3.63, 3.8) is 0 Å². The van der Waals surface area contributed by atoms with Crippen molar-refractivity contribution < 1.29 is 9.18 Å². The first kappa shape index (κ1) is 8.72. The van der Waals surface area contributed by atoms with Gasteiger partial charge in [0.05, 0.1) is 6.20 Å². The summed E-state index contributed by atoms with van der Waals surface area (Å²) in [6, 6.07) is 0. The molecular weight excluding hydrogens is 168 g/mol. The predicted octanol–water partition coefficient (Wildman–Crippen LogP) is 1.15. The minimum Gasteiger partial charge on any atom is -0.320 e. The Kier molecular flexibility index (Phi) is 4.44. The molecule has 0 saturated heterocycles. The van der Waals surface area contributed by atoms with Gasteiger partial charge in [-0.1, -0.05) is 23.2 Å². The fourth-order valence-electron chi connectivity index (χ4n) is 0.150. The molecule has 0 unspecified atom stereocenters. The first-order chi connectivity index (χ1) is 4.16. The van der Waals surface area contributed by atoms with Crippen molar-refractivity contribution in [3.05, 3.63) is 10.7 Å². The highest BCUT2D eigenvalue weighted by Crippen LogP contribution is 2.02. The highest BCUT2D eigenvalue weighted by molar-refractivity contribution is 6.55. The van der Waals surface area contributed by atoms with E-state index in [4.69, 9.17) is 23.2 Å². The summed E-state index contributed by atoms with van der Waals surface area (Å²) in [6.45, 7) is -1.10. The Bertz CT molecular complexity index is 133. The first-order valence-electron chi connectivity index (χ1n) is 1.95. The number of halogens is 3. The molecule has 2 nitrogen and oxygen atoms in total. The molecule has 0 aromatic carbocycles. The van der Waals surface area contributed by atoms with Crippen molar-refractivity contribution >= 4 is 29.1 Å². The smallest absolute Gasteiger partial charge is 0.255 e. The lowest BCUT2D eigenvalue weighted by atomic mass is 10.7. The van der Waals surface area contributed by atoms with Crippen LogP contribution in [0.1, 0.15) is 0 Å². The molecule has 5 heteroatoms. The average Bonchev–Trinajstić information content (AvgIpc) is 1.83. The maximum absolute atomic E-state index is 11.3. The van der Waals surface area contributed by atoms with Crippen LogP contribution in [0.3, 0.4) is 0 Å². The van der Waals surface area contributed by atoms with E-state index in [1.807, 2.05) is 11.5 Å². The molecule has 0 rings (SSSR count). The molecule has 0 aliphatic carbocycles. The Morgan fingerprint density at radius 1 is 1.67 bits per heavy atom. The van der Waals surface area contributed by atoms with Gasteiger partial charge in [0.2, 0.25) is 0 Å². The number of alkyl halides is 1. The lowest BCUT2D eigenvalue weighted by molar-refractivity contribution is -0.121. The van der Waals surface area contributed by atoms with E-state index >= 15 is 0 Å². The third-order valence-corrected chi connectivity index (χ3v) is 0.607. The largest absolute Gasteiger partial charge is 0.320 e. The Labute approximate surface area is 61.6 Å². The molecule has 9 heavy (non-hydrogen) atoms. The number of hydrogen-bond donors (Lipinski definition) is 1. The molecule has 0 aliphatic heterocycles. The number of hydrogen-bond acceptors (Lipinski definition) is 1. The molecule has 0 bridgehead atoms. The number of nitrogens with one attached hydrogen (secondary N) is 1. The van der Waals surface area contributed by atoms with Gasteiger partial charge in [-0.15, -0.1) is 0 Å². The summed E-state index contributed by atoms with van der Waals surface area (Å²) in [5.41, 5.74) is 0. The molecule has 51 valence electrons. The van der Waals surface area contributed by atoms with Gasteiger partial charge in [-0.2, -0.15) is 0 Å². The Hall–Kier alpha value is -0.280. The number of rotatable bonds is 2. The van der Waals surface area contributed by atoms with E-state index in [-0.39, 0.29) is 4.49 Å². The normalized spacial score (nSPS) is 8.33. The van der Waals surface area contributed by atoms with Gasteiger partial charge in [-0.3, -0.25) is 4.79 Å². The maximum atomic E-state index is 11.3. The molecule has 0 saturated carbocycles. The molecule has 1 radical (unpaired) electrons. The van der Waals surface area contributed by atoms with Gasteiger partial charge in [-0.25, -0.2) is 4.39 Å². The second-order valence-electron chi connectivity index (χ2n) is 1.07. The summed E-state index contributed by atoms with van der Waals surface area (Å²) >= 11 is 10.0. The van der Waals surface area contributed by atoms with Gasteiger partial charge in [0.15, 0.2) is 6.67 Å². The van der Waals surface area contributed by atoms with Crippen LogP contribution in [0.25, 0.3) is 0 Å². The summed E-state index contributed by atoms with van der Waals surface area (Å²) < 4.78 is 11.1. The quantitative estimate of drug-likeness (QED) is 0.620. The van der Waals surface area contributed by atoms with E-state index in [1.165, 1.54) is 0 Å². The molecule has 1 N–H and O–H groups in total. The van der Waals surface area contributed by atoms with E-state index in [0.29, 0.717) is 0 Å². The van der Waals surface area contributed by atoms with E-state index in [2.05, 4.69) is 0 Å². The van der Waals surface area contributed by atoms with E-state index < -0.39 is 12.6 Å². The monoisotopic (exact) mass is 170 g/mol. The molecule has 0 fully saturated rings. The van der Waals surface area contributed by atoms with Gasteiger partial charge in [0, 0.05) is 0 Å². The van der Waals surface area contributed by atoms with Gasteiger partial charge in [0.25, 0.3) is 5.91 Å². The van der Waals surface area contributed by atoms with E-state index in [1.54, 1.807) is 0 Å². The third kappa shape index (κ3) is 5.59. The van der Waals surface area contributed by atoms with Crippen molar-refractivity contribution in [2.75, 3.05) is 6.67 Å². The first-order valence-corrected chi connectivity index (χ1v) is 2.71. The lowest BCUT2D eigenvalue weighted by Gasteiger charge is -1.89. The second-order valence-corrected chi connectivity index (χ2v) is 2.02. The zero-order valence-corrected chi connectivity index (χ0v) is 5.76. The minimum absolute atomic E-state index is 0.239. The summed E-state index contributed by atoms with van der Waals surface area (Å²) in [6.07, 6.45) is 2.00. The predicted molar refractivity (Wildman–Crippen MR) is 32.6 cm³/mol. The zero-order chi connectivity index (χ0) is 7.28.